The maximum atomic E-state index is 11.7. The summed E-state index contributed by atoms with van der Waals surface area (Å²) in [6.45, 7) is 4.69. The zero-order valence-electron chi connectivity index (χ0n) is 17.0. The van der Waals surface area contributed by atoms with Gasteiger partial charge in [0, 0.05) is 12.1 Å². The topological polar surface area (TPSA) is 78.3 Å². The molecule has 30 heavy (non-hydrogen) atoms. The Morgan fingerprint density at radius 1 is 1.13 bits per heavy atom. The van der Waals surface area contributed by atoms with E-state index in [9.17, 15) is 4.79 Å². The van der Waals surface area contributed by atoms with Gasteiger partial charge in [0.1, 0.15) is 18.1 Å². The molecule has 3 aromatic rings. The Bertz CT molecular complexity index is 1010. The second-order valence-electron chi connectivity index (χ2n) is 6.32. The lowest BCUT2D eigenvalue weighted by molar-refractivity contribution is -0.118. The van der Waals surface area contributed by atoms with E-state index >= 15 is 0 Å². The van der Waals surface area contributed by atoms with Crippen LogP contribution in [0.25, 0.3) is 5.69 Å². The number of halogens is 1. The minimum atomic E-state index is -0.0938. The molecule has 0 saturated carbocycles. The molecule has 0 aliphatic heterocycles. The van der Waals surface area contributed by atoms with Crippen LogP contribution in [0.15, 0.2) is 47.6 Å². The quantitative estimate of drug-likeness (QED) is 0.500. The highest BCUT2D eigenvalue weighted by molar-refractivity contribution is 7.99. The molecule has 0 spiro atoms. The second-order valence-corrected chi connectivity index (χ2v) is 7.67. The smallest absolute Gasteiger partial charge is 0.230 e. The van der Waals surface area contributed by atoms with Crippen molar-refractivity contribution in [1.29, 1.82) is 0 Å². The maximum absolute atomic E-state index is 11.7. The van der Waals surface area contributed by atoms with E-state index in [1.54, 1.807) is 7.05 Å². The Balaban J connectivity index is 1.84. The van der Waals surface area contributed by atoms with Gasteiger partial charge in [0.15, 0.2) is 11.0 Å². The molecule has 0 aliphatic carbocycles. The van der Waals surface area contributed by atoms with Crippen LogP contribution in [0.2, 0.25) is 5.02 Å². The van der Waals surface area contributed by atoms with Gasteiger partial charge in [-0.15, -0.1) is 10.2 Å². The van der Waals surface area contributed by atoms with Gasteiger partial charge in [-0.25, -0.2) is 0 Å². The van der Waals surface area contributed by atoms with Crippen LogP contribution in [0.3, 0.4) is 0 Å². The number of amides is 1. The van der Waals surface area contributed by atoms with E-state index in [0.717, 1.165) is 17.0 Å². The SMILES string of the molecule is CCOc1ccc(OCc2nnc(SCC(=O)NC)n2-c2ccc(C)c(Cl)c2)cc1. The fourth-order valence-corrected chi connectivity index (χ4v) is 3.63. The Kier molecular flexibility index (Phi) is 7.59. The zero-order chi connectivity index (χ0) is 21.5. The van der Waals surface area contributed by atoms with Gasteiger partial charge in [-0.05, 0) is 55.8 Å². The van der Waals surface area contributed by atoms with Crippen molar-refractivity contribution in [2.24, 2.45) is 0 Å². The summed E-state index contributed by atoms with van der Waals surface area (Å²) in [6, 6.07) is 13.1. The van der Waals surface area contributed by atoms with E-state index in [1.165, 1.54) is 11.8 Å². The van der Waals surface area contributed by atoms with Gasteiger partial charge in [0.2, 0.25) is 5.91 Å². The van der Waals surface area contributed by atoms with Crippen molar-refractivity contribution >= 4 is 29.3 Å². The average molecular weight is 447 g/mol. The number of nitrogens with zero attached hydrogens (tertiary/aromatic N) is 3. The molecule has 0 atom stereocenters. The molecule has 1 amide bonds. The molecule has 7 nitrogen and oxygen atoms in total. The highest BCUT2D eigenvalue weighted by Crippen LogP contribution is 2.26. The molecule has 1 heterocycles. The molecule has 1 aromatic heterocycles. The number of aromatic nitrogens is 3. The number of carbonyl (C=O) groups is 1. The predicted molar refractivity (Wildman–Crippen MR) is 118 cm³/mol. The van der Waals surface area contributed by atoms with Crippen molar-refractivity contribution < 1.29 is 14.3 Å². The third-order valence-corrected chi connectivity index (χ3v) is 5.56. The van der Waals surface area contributed by atoms with E-state index < -0.39 is 0 Å². The summed E-state index contributed by atoms with van der Waals surface area (Å²) in [4.78, 5) is 11.7. The van der Waals surface area contributed by atoms with Gasteiger partial charge in [-0.3, -0.25) is 9.36 Å². The van der Waals surface area contributed by atoms with Gasteiger partial charge in [0.05, 0.1) is 18.0 Å². The van der Waals surface area contributed by atoms with E-state index in [1.807, 2.05) is 60.9 Å². The minimum Gasteiger partial charge on any atom is -0.494 e. The standard InChI is InChI=1S/C21H23ClN4O3S/c1-4-28-16-7-9-17(10-8-16)29-12-19-24-25-21(30-13-20(27)23-3)26(19)15-6-5-14(2)18(22)11-15/h5-11H,4,12-13H2,1-3H3,(H,23,27). The van der Waals surface area contributed by atoms with Crippen LogP contribution in [0.4, 0.5) is 0 Å². The monoisotopic (exact) mass is 446 g/mol. The first kappa shape index (κ1) is 22.0. The van der Waals surface area contributed by atoms with E-state index in [-0.39, 0.29) is 18.3 Å². The van der Waals surface area contributed by atoms with Crippen molar-refractivity contribution in [1.82, 2.24) is 20.1 Å². The second kappa shape index (κ2) is 10.4. The summed E-state index contributed by atoms with van der Waals surface area (Å²) in [7, 11) is 1.60. The van der Waals surface area contributed by atoms with E-state index in [2.05, 4.69) is 15.5 Å². The largest absolute Gasteiger partial charge is 0.494 e. The van der Waals surface area contributed by atoms with Crippen molar-refractivity contribution in [3.63, 3.8) is 0 Å². The van der Waals surface area contributed by atoms with E-state index in [0.29, 0.717) is 28.4 Å². The van der Waals surface area contributed by atoms with E-state index in [4.69, 9.17) is 21.1 Å². The van der Waals surface area contributed by atoms with Crippen LogP contribution in [-0.2, 0) is 11.4 Å². The van der Waals surface area contributed by atoms with Gasteiger partial charge in [-0.2, -0.15) is 0 Å². The Morgan fingerprint density at radius 3 is 2.47 bits per heavy atom. The fourth-order valence-electron chi connectivity index (χ4n) is 2.62. The van der Waals surface area contributed by atoms with Crippen LogP contribution in [0, 0.1) is 6.92 Å². The molecule has 1 N–H and O–H groups in total. The molecule has 0 radical (unpaired) electrons. The van der Waals surface area contributed by atoms with Crippen molar-refractivity contribution in [2.45, 2.75) is 25.6 Å². The summed E-state index contributed by atoms with van der Waals surface area (Å²) in [5.74, 6) is 2.21. The van der Waals surface area contributed by atoms with Crippen LogP contribution in [0.5, 0.6) is 11.5 Å². The lowest BCUT2D eigenvalue weighted by Crippen LogP contribution is -2.20. The molecule has 0 saturated heterocycles. The van der Waals surface area contributed by atoms with Crippen molar-refractivity contribution in [3.05, 3.63) is 58.9 Å². The van der Waals surface area contributed by atoms with Gasteiger partial charge in [0.25, 0.3) is 0 Å². The zero-order valence-corrected chi connectivity index (χ0v) is 18.6. The molecule has 2 aromatic carbocycles. The first-order chi connectivity index (χ1) is 14.5. The van der Waals surface area contributed by atoms with Crippen LogP contribution in [0.1, 0.15) is 18.3 Å². The van der Waals surface area contributed by atoms with Crippen LogP contribution < -0.4 is 14.8 Å². The normalized spacial score (nSPS) is 10.7. The highest BCUT2D eigenvalue weighted by Gasteiger charge is 2.17. The molecular formula is C21H23ClN4O3S. The number of rotatable bonds is 9. The Morgan fingerprint density at radius 2 is 1.83 bits per heavy atom. The van der Waals surface area contributed by atoms with Crippen LogP contribution in [-0.4, -0.2) is 40.1 Å². The number of hydrogen-bond donors (Lipinski definition) is 1. The van der Waals surface area contributed by atoms with Gasteiger partial charge < -0.3 is 14.8 Å². The summed E-state index contributed by atoms with van der Waals surface area (Å²) in [6.07, 6.45) is 0. The van der Waals surface area contributed by atoms with Gasteiger partial charge in [-0.1, -0.05) is 29.4 Å². The summed E-state index contributed by atoms with van der Waals surface area (Å²) in [5.41, 5.74) is 1.78. The molecule has 0 fully saturated rings. The third kappa shape index (κ3) is 5.46. The molecule has 3 rings (SSSR count). The minimum absolute atomic E-state index is 0.0938. The number of hydrogen-bond acceptors (Lipinski definition) is 6. The molecule has 0 aliphatic rings. The maximum Gasteiger partial charge on any atom is 0.230 e. The molecular weight excluding hydrogens is 424 g/mol. The first-order valence-electron chi connectivity index (χ1n) is 9.41. The lowest BCUT2D eigenvalue weighted by atomic mass is 10.2. The summed E-state index contributed by atoms with van der Waals surface area (Å²) in [5, 5.41) is 12.4. The predicted octanol–water partition coefficient (Wildman–Crippen LogP) is 4.04. The fraction of sp³-hybridized carbons (Fsp3) is 0.286. The number of thioether (sulfide) groups is 1. The molecule has 158 valence electrons. The lowest BCUT2D eigenvalue weighted by Gasteiger charge is -2.12. The summed E-state index contributed by atoms with van der Waals surface area (Å²) >= 11 is 7.63. The Labute approximate surface area is 184 Å². The van der Waals surface area contributed by atoms with Crippen LogP contribution >= 0.6 is 23.4 Å². The molecule has 9 heteroatoms. The molecule has 0 unspecified atom stereocenters. The third-order valence-electron chi connectivity index (χ3n) is 4.23. The number of aryl methyl sites for hydroxylation is 1. The number of carbonyl (C=O) groups excluding carboxylic acids is 1. The summed E-state index contributed by atoms with van der Waals surface area (Å²) < 4.78 is 13.2. The van der Waals surface area contributed by atoms with Crippen molar-refractivity contribution in [3.8, 4) is 17.2 Å². The number of ether oxygens (including phenoxy) is 2. The average Bonchev–Trinajstić information content (AvgIpc) is 3.16. The first-order valence-corrected chi connectivity index (χ1v) is 10.8. The van der Waals surface area contributed by atoms with Gasteiger partial charge >= 0.3 is 0 Å². The number of nitrogens with one attached hydrogen (secondary N) is 1. The molecule has 0 bridgehead atoms. The van der Waals surface area contributed by atoms with Crippen molar-refractivity contribution in [2.75, 3.05) is 19.4 Å². The highest BCUT2D eigenvalue weighted by atomic mass is 35.5. The number of benzene rings is 2. The Hall–Kier alpha value is -2.71.